The molecule has 0 aliphatic heterocycles. The number of nitrogens with one attached hydrogen (secondary N) is 3. The van der Waals surface area contributed by atoms with Crippen molar-refractivity contribution in [2.45, 2.75) is 37.9 Å². The molecule has 0 fully saturated rings. The van der Waals surface area contributed by atoms with E-state index in [0.29, 0.717) is 6.42 Å². The Hall–Kier alpha value is -2.44. The van der Waals surface area contributed by atoms with E-state index in [-0.39, 0.29) is 32.1 Å². The van der Waals surface area contributed by atoms with Crippen LogP contribution in [0.1, 0.15) is 19.8 Å². The molecule has 0 aliphatic carbocycles. The lowest BCUT2D eigenvalue weighted by molar-refractivity contribution is -0.132. The van der Waals surface area contributed by atoms with Gasteiger partial charge in [-0.2, -0.15) is 0 Å². The van der Waals surface area contributed by atoms with Crippen LogP contribution in [0, 0.1) is 0 Å². The summed E-state index contributed by atoms with van der Waals surface area (Å²) in [6.45, 7) is 0.929. The highest BCUT2D eigenvalue weighted by Crippen LogP contribution is 2.00. The molecule has 0 rings (SSSR count). The van der Waals surface area contributed by atoms with E-state index in [9.17, 15) is 14.4 Å². The van der Waals surface area contributed by atoms with Crippen molar-refractivity contribution < 1.29 is 24.6 Å². The van der Waals surface area contributed by atoms with Gasteiger partial charge in [-0.15, -0.1) is 0 Å². The molecule has 150 valence electrons. The van der Waals surface area contributed by atoms with Crippen LogP contribution >= 0.6 is 0 Å². The fourth-order valence-electron chi connectivity index (χ4n) is 1.84. The summed E-state index contributed by atoms with van der Waals surface area (Å²) in [6, 6.07) is -3.01. The van der Waals surface area contributed by atoms with Crippen molar-refractivity contribution in [1.29, 1.82) is 0 Å². The Balaban J connectivity index is 4.75. The average molecular weight is 375 g/mol. The van der Waals surface area contributed by atoms with Gasteiger partial charge in [0.2, 0.25) is 17.7 Å². The van der Waals surface area contributed by atoms with E-state index in [2.05, 4.69) is 20.9 Å². The van der Waals surface area contributed by atoms with E-state index >= 15 is 0 Å². The van der Waals surface area contributed by atoms with Gasteiger partial charge in [-0.1, -0.05) is 0 Å². The molecule has 0 unspecified atom stereocenters. The van der Waals surface area contributed by atoms with Crippen LogP contribution < -0.4 is 33.2 Å². The summed E-state index contributed by atoms with van der Waals surface area (Å²) in [4.78, 5) is 39.7. The molecule has 11 N–H and O–H groups in total. The van der Waals surface area contributed by atoms with Crippen LogP contribution in [0.3, 0.4) is 0 Å². The maximum atomic E-state index is 12.2. The molecule has 0 saturated carbocycles. The normalized spacial score (nSPS) is 13.8. The maximum Gasteiger partial charge on any atom is 0.242 e. The van der Waals surface area contributed by atoms with Gasteiger partial charge in [0.15, 0.2) is 5.96 Å². The molecule has 0 radical (unpaired) electrons. The molecule has 12 nitrogen and oxygen atoms in total. The Labute approximate surface area is 151 Å². The lowest BCUT2D eigenvalue weighted by atomic mass is 10.1. The van der Waals surface area contributed by atoms with Crippen molar-refractivity contribution >= 4 is 23.7 Å². The summed E-state index contributed by atoms with van der Waals surface area (Å²) in [7, 11) is 0. The zero-order chi connectivity index (χ0) is 20.1. The zero-order valence-corrected chi connectivity index (χ0v) is 14.8. The number of carbonyl (C=O) groups excluding carboxylic acids is 3. The molecule has 0 aromatic rings. The number of hydrogen-bond acceptors (Lipinski definition) is 7. The van der Waals surface area contributed by atoms with Gasteiger partial charge in [0.1, 0.15) is 18.1 Å². The van der Waals surface area contributed by atoms with Gasteiger partial charge < -0.3 is 43.4 Å². The number of nitrogens with two attached hydrogens (primary N) is 3. The quantitative estimate of drug-likeness (QED) is 0.0940. The topological polar surface area (TPSA) is 218 Å². The molecular formula is C14H29N7O5. The molecule has 0 bridgehead atoms. The molecule has 0 spiro atoms. The first kappa shape index (κ1) is 23.6. The third-order valence-corrected chi connectivity index (χ3v) is 3.27. The van der Waals surface area contributed by atoms with Gasteiger partial charge in [0, 0.05) is 13.1 Å². The van der Waals surface area contributed by atoms with Crippen LogP contribution in [0.5, 0.6) is 0 Å². The van der Waals surface area contributed by atoms with E-state index in [1.165, 1.54) is 6.92 Å². The van der Waals surface area contributed by atoms with Gasteiger partial charge in [0.25, 0.3) is 0 Å². The van der Waals surface area contributed by atoms with Crippen molar-refractivity contribution in [1.82, 2.24) is 16.0 Å². The molecule has 0 saturated heterocycles. The Morgan fingerprint density at radius 3 is 2.27 bits per heavy atom. The van der Waals surface area contributed by atoms with Crippen molar-refractivity contribution in [3.63, 3.8) is 0 Å². The third-order valence-electron chi connectivity index (χ3n) is 3.27. The predicted octanol–water partition coefficient (Wildman–Crippen LogP) is -4.54. The molecule has 26 heavy (non-hydrogen) atoms. The number of nitrogens with zero attached hydrogens (tertiary/aromatic N) is 1. The third kappa shape index (κ3) is 9.76. The number of rotatable bonds is 12. The molecule has 0 aromatic carbocycles. The highest BCUT2D eigenvalue weighted by atomic mass is 16.3. The van der Waals surface area contributed by atoms with Crippen LogP contribution in [0.4, 0.5) is 0 Å². The van der Waals surface area contributed by atoms with Gasteiger partial charge in [-0.25, -0.2) is 0 Å². The van der Waals surface area contributed by atoms with Crippen LogP contribution in [0.2, 0.25) is 0 Å². The summed E-state index contributed by atoms with van der Waals surface area (Å²) >= 11 is 0. The summed E-state index contributed by atoms with van der Waals surface area (Å²) in [5.41, 5.74) is 15.8. The maximum absolute atomic E-state index is 12.2. The monoisotopic (exact) mass is 375 g/mol. The average Bonchev–Trinajstić information content (AvgIpc) is 2.60. The largest absolute Gasteiger partial charge is 0.395 e. The zero-order valence-electron chi connectivity index (χ0n) is 14.8. The van der Waals surface area contributed by atoms with Gasteiger partial charge >= 0.3 is 0 Å². The molecule has 0 heterocycles. The van der Waals surface area contributed by atoms with Gasteiger partial charge in [0.05, 0.1) is 13.2 Å². The second-order valence-corrected chi connectivity index (χ2v) is 5.54. The van der Waals surface area contributed by atoms with E-state index in [4.69, 9.17) is 27.4 Å². The molecular weight excluding hydrogens is 346 g/mol. The van der Waals surface area contributed by atoms with Crippen molar-refractivity contribution in [3.8, 4) is 0 Å². The van der Waals surface area contributed by atoms with E-state index < -0.39 is 42.5 Å². The van der Waals surface area contributed by atoms with E-state index in [1.807, 2.05) is 0 Å². The summed E-state index contributed by atoms with van der Waals surface area (Å²) in [6.07, 6.45) is 0.669. The highest BCUT2D eigenvalue weighted by molar-refractivity contribution is 5.92. The Kier molecular flexibility index (Phi) is 11.6. The lowest BCUT2D eigenvalue weighted by Gasteiger charge is -2.21. The summed E-state index contributed by atoms with van der Waals surface area (Å²) in [5, 5.41) is 24.9. The van der Waals surface area contributed by atoms with E-state index in [1.54, 1.807) is 0 Å². The minimum absolute atomic E-state index is 0.0384. The first-order valence-electron chi connectivity index (χ1n) is 8.14. The number of hydrogen-bond donors (Lipinski definition) is 8. The Morgan fingerprint density at radius 2 is 1.73 bits per heavy atom. The number of carbonyl (C=O) groups is 3. The SMILES string of the molecule is C[C@H](NC(=O)[C@@H](N)CO)C(=O)N[C@@H](CCCN=C(N)N)C(=O)NCCO. The highest BCUT2D eigenvalue weighted by Gasteiger charge is 2.25. The fourth-order valence-corrected chi connectivity index (χ4v) is 1.84. The molecule has 0 aromatic heterocycles. The Morgan fingerprint density at radius 1 is 1.08 bits per heavy atom. The molecule has 3 amide bonds. The number of aliphatic hydroxyl groups is 2. The van der Waals surface area contributed by atoms with Crippen LogP contribution in [-0.2, 0) is 14.4 Å². The minimum Gasteiger partial charge on any atom is -0.395 e. The van der Waals surface area contributed by atoms with Gasteiger partial charge in [-0.05, 0) is 19.8 Å². The fraction of sp³-hybridized carbons (Fsp3) is 0.714. The van der Waals surface area contributed by atoms with Crippen LogP contribution in [0.25, 0.3) is 0 Å². The molecule has 3 atom stereocenters. The van der Waals surface area contributed by atoms with Crippen LogP contribution in [0.15, 0.2) is 4.99 Å². The van der Waals surface area contributed by atoms with Crippen molar-refractivity contribution in [3.05, 3.63) is 0 Å². The van der Waals surface area contributed by atoms with Crippen molar-refractivity contribution in [2.24, 2.45) is 22.2 Å². The first-order chi connectivity index (χ1) is 12.2. The second kappa shape index (κ2) is 12.9. The number of aliphatic imine (C=N–C) groups is 1. The Bertz CT molecular complexity index is 496. The number of amides is 3. The first-order valence-corrected chi connectivity index (χ1v) is 8.14. The smallest absolute Gasteiger partial charge is 0.242 e. The number of aliphatic hydroxyl groups excluding tert-OH is 2. The summed E-state index contributed by atoms with van der Waals surface area (Å²) in [5.74, 6) is -1.85. The minimum atomic E-state index is -1.14. The van der Waals surface area contributed by atoms with Crippen molar-refractivity contribution in [2.75, 3.05) is 26.3 Å². The standard InChI is InChI=1S/C14H29N7O5/c1-8(20-12(25)9(15)7-23)11(24)21-10(13(26)18-5-6-22)3-2-4-19-14(16)17/h8-10,22-23H,2-7,15H2,1H3,(H,18,26)(H,20,25)(H,21,24)(H4,16,17,19)/t8-,9-,10-/m0/s1. The molecule has 12 heteroatoms. The van der Waals surface area contributed by atoms with Gasteiger partial charge in [-0.3, -0.25) is 19.4 Å². The molecule has 0 aliphatic rings. The van der Waals surface area contributed by atoms with Crippen LogP contribution in [-0.4, -0.2) is 78.3 Å². The van der Waals surface area contributed by atoms with E-state index in [0.717, 1.165) is 0 Å². The number of guanidine groups is 1. The predicted molar refractivity (Wildman–Crippen MR) is 94.6 cm³/mol. The lowest BCUT2D eigenvalue weighted by Crippen LogP contribution is -2.55. The second-order valence-electron chi connectivity index (χ2n) is 5.54. The summed E-state index contributed by atoms with van der Waals surface area (Å²) < 4.78 is 0.